The molecule has 1 aromatic heterocycles. The normalized spacial score (nSPS) is 10.0. The molecule has 0 radical (unpaired) electrons. The van der Waals surface area contributed by atoms with Crippen LogP contribution in [0.5, 0.6) is 0 Å². The molecule has 0 saturated carbocycles. The first-order valence-corrected chi connectivity index (χ1v) is 5.73. The molecule has 20 heavy (non-hydrogen) atoms. The number of carbonyl (C=O) groups is 1. The van der Waals surface area contributed by atoms with E-state index in [1.165, 1.54) is 18.3 Å². The Balaban J connectivity index is 2.18. The number of aromatic nitrogens is 1. The van der Waals surface area contributed by atoms with E-state index in [1.54, 1.807) is 24.3 Å². The van der Waals surface area contributed by atoms with Crippen LogP contribution in [0.2, 0.25) is 0 Å². The quantitative estimate of drug-likeness (QED) is 0.640. The number of benzene rings is 1. The zero-order valence-electron chi connectivity index (χ0n) is 10.3. The summed E-state index contributed by atoms with van der Waals surface area (Å²) >= 11 is 0. The molecular formula is C13H11N3O4. The fourth-order valence-electron chi connectivity index (χ4n) is 1.66. The number of pyridine rings is 1. The number of carboxylic acid groups (broad SMARTS) is 1. The fraction of sp³-hybridized carbons (Fsp3) is 0.0769. The number of nitrogens with zero attached hydrogens (tertiary/aromatic N) is 2. The monoisotopic (exact) mass is 273 g/mol. The summed E-state index contributed by atoms with van der Waals surface area (Å²) in [6.07, 6.45) is 1.39. The van der Waals surface area contributed by atoms with Crippen molar-refractivity contribution in [3.63, 3.8) is 0 Å². The summed E-state index contributed by atoms with van der Waals surface area (Å²) in [5.41, 5.74) is 1.13. The molecule has 0 aliphatic carbocycles. The second kappa shape index (κ2) is 5.79. The van der Waals surface area contributed by atoms with Gasteiger partial charge in [-0.1, -0.05) is 12.1 Å². The van der Waals surface area contributed by atoms with Crippen LogP contribution in [0.4, 0.5) is 17.2 Å². The summed E-state index contributed by atoms with van der Waals surface area (Å²) in [4.78, 5) is 24.8. The maximum Gasteiger partial charge on any atom is 0.311 e. The fourth-order valence-corrected chi connectivity index (χ4v) is 1.66. The number of anilines is 2. The number of nitro groups is 1. The Bertz CT molecular complexity index is 640. The summed E-state index contributed by atoms with van der Waals surface area (Å²) in [6, 6.07) is 9.43. The van der Waals surface area contributed by atoms with E-state index in [-0.39, 0.29) is 17.9 Å². The first-order valence-electron chi connectivity index (χ1n) is 5.73. The Morgan fingerprint density at radius 1 is 1.30 bits per heavy atom. The topological polar surface area (TPSA) is 105 Å². The van der Waals surface area contributed by atoms with E-state index in [1.807, 2.05) is 0 Å². The molecule has 102 valence electrons. The minimum atomic E-state index is -0.911. The van der Waals surface area contributed by atoms with Crippen molar-refractivity contribution in [2.45, 2.75) is 6.42 Å². The second-order valence-electron chi connectivity index (χ2n) is 4.02. The molecule has 2 aromatic rings. The van der Waals surface area contributed by atoms with Gasteiger partial charge in [-0.15, -0.1) is 0 Å². The van der Waals surface area contributed by atoms with Crippen molar-refractivity contribution in [2.75, 3.05) is 5.32 Å². The van der Waals surface area contributed by atoms with Crippen LogP contribution in [-0.2, 0) is 11.2 Å². The second-order valence-corrected chi connectivity index (χ2v) is 4.02. The predicted molar refractivity (Wildman–Crippen MR) is 72.0 cm³/mol. The maximum atomic E-state index is 10.8. The molecule has 7 heteroatoms. The van der Waals surface area contributed by atoms with Gasteiger partial charge in [0.25, 0.3) is 0 Å². The summed E-state index contributed by atoms with van der Waals surface area (Å²) in [5.74, 6) is -0.769. The van der Waals surface area contributed by atoms with E-state index in [2.05, 4.69) is 10.3 Å². The molecule has 0 saturated heterocycles. The van der Waals surface area contributed by atoms with Gasteiger partial charge >= 0.3 is 11.7 Å². The zero-order chi connectivity index (χ0) is 14.5. The Morgan fingerprint density at radius 2 is 2.00 bits per heavy atom. The highest BCUT2D eigenvalue weighted by Crippen LogP contribution is 2.24. The molecule has 2 N–H and O–H groups in total. The number of hydrogen-bond donors (Lipinski definition) is 2. The Kier molecular flexibility index (Phi) is 3.90. The third kappa shape index (κ3) is 3.29. The average Bonchev–Trinajstić information content (AvgIpc) is 2.41. The van der Waals surface area contributed by atoms with Crippen molar-refractivity contribution < 1.29 is 14.8 Å². The number of hydrogen-bond acceptors (Lipinski definition) is 5. The summed E-state index contributed by atoms with van der Waals surface area (Å²) in [7, 11) is 0. The first kappa shape index (κ1) is 13.5. The lowest BCUT2D eigenvalue weighted by Gasteiger charge is -2.06. The highest BCUT2D eigenvalue weighted by atomic mass is 16.6. The van der Waals surface area contributed by atoms with Crippen LogP contribution < -0.4 is 5.32 Å². The molecule has 0 aliphatic heterocycles. The van der Waals surface area contributed by atoms with Crippen LogP contribution in [0, 0.1) is 10.1 Å². The number of nitrogens with one attached hydrogen (secondary N) is 1. The SMILES string of the molecule is O=C(O)Cc1ccc(Nc2ncccc2[N+](=O)[O-])cc1. The van der Waals surface area contributed by atoms with Gasteiger partial charge in [-0.2, -0.15) is 0 Å². The Morgan fingerprint density at radius 3 is 2.60 bits per heavy atom. The Labute approximate surface area is 114 Å². The standard InChI is InChI=1S/C13H11N3O4/c17-12(18)8-9-3-5-10(6-4-9)15-13-11(16(19)20)2-1-7-14-13/h1-7H,8H2,(H,14,15)(H,17,18). The van der Waals surface area contributed by atoms with Gasteiger partial charge in [0.2, 0.25) is 5.82 Å². The van der Waals surface area contributed by atoms with Crippen molar-refractivity contribution in [3.8, 4) is 0 Å². The number of carboxylic acids is 1. The summed E-state index contributed by atoms with van der Waals surface area (Å²) in [6.45, 7) is 0. The molecule has 7 nitrogen and oxygen atoms in total. The zero-order valence-corrected chi connectivity index (χ0v) is 10.3. The van der Waals surface area contributed by atoms with Gasteiger partial charge in [0.1, 0.15) is 0 Å². The highest BCUT2D eigenvalue weighted by Gasteiger charge is 2.13. The molecule has 0 bridgehead atoms. The highest BCUT2D eigenvalue weighted by molar-refractivity contribution is 5.71. The molecule has 0 aliphatic rings. The van der Waals surface area contributed by atoms with Crippen molar-refractivity contribution in [2.24, 2.45) is 0 Å². The van der Waals surface area contributed by atoms with E-state index in [4.69, 9.17) is 5.11 Å². The smallest absolute Gasteiger partial charge is 0.311 e. The van der Waals surface area contributed by atoms with Gasteiger partial charge in [-0.25, -0.2) is 4.98 Å². The minimum Gasteiger partial charge on any atom is -0.481 e. The van der Waals surface area contributed by atoms with E-state index >= 15 is 0 Å². The van der Waals surface area contributed by atoms with E-state index < -0.39 is 10.9 Å². The maximum absolute atomic E-state index is 10.8. The van der Waals surface area contributed by atoms with Gasteiger partial charge in [0, 0.05) is 18.0 Å². The van der Waals surface area contributed by atoms with Gasteiger partial charge in [-0.05, 0) is 23.8 Å². The lowest BCUT2D eigenvalue weighted by Crippen LogP contribution is -2.01. The van der Waals surface area contributed by atoms with E-state index in [0.29, 0.717) is 11.3 Å². The van der Waals surface area contributed by atoms with Crippen LogP contribution in [0.3, 0.4) is 0 Å². The first-order chi connectivity index (χ1) is 9.56. The predicted octanol–water partition coefficient (Wildman–Crippen LogP) is 2.36. The van der Waals surface area contributed by atoms with E-state index in [9.17, 15) is 14.9 Å². The number of rotatable bonds is 5. The number of aliphatic carboxylic acids is 1. The van der Waals surface area contributed by atoms with E-state index in [0.717, 1.165) is 0 Å². The summed E-state index contributed by atoms with van der Waals surface area (Å²) < 4.78 is 0. The molecule has 0 atom stereocenters. The van der Waals surface area contributed by atoms with Crippen LogP contribution in [-0.4, -0.2) is 21.0 Å². The van der Waals surface area contributed by atoms with Crippen LogP contribution >= 0.6 is 0 Å². The minimum absolute atomic E-state index is 0.0655. The molecule has 0 fully saturated rings. The lowest BCUT2D eigenvalue weighted by molar-refractivity contribution is -0.384. The van der Waals surface area contributed by atoms with Crippen LogP contribution in [0.1, 0.15) is 5.56 Å². The van der Waals surface area contributed by atoms with Crippen LogP contribution in [0.25, 0.3) is 0 Å². The van der Waals surface area contributed by atoms with Crippen molar-refractivity contribution in [3.05, 3.63) is 58.3 Å². The molecule has 1 aromatic carbocycles. The largest absolute Gasteiger partial charge is 0.481 e. The Hall–Kier alpha value is -2.96. The van der Waals surface area contributed by atoms with Gasteiger partial charge in [-0.3, -0.25) is 14.9 Å². The summed E-state index contributed by atoms with van der Waals surface area (Å²) in [5, 5.41) is 22.4. The average molecular weight is 273 g/mol. The third-order valence-corrected chi connectivity index (χ3v) is 2.56. The van der Waals surface area contributed by atoms with Gasteiger partial charge in [0.05, 0.1) is 11.3 Å². The van der Waals surface area contributed by atoms with Crippen molar-refractivity contribution in [1.82, 2.24) is 4.98 Å². The lowest BCUT2D eigenvalue weighted by atomic mass is 10.1. The van der Waals surface area contributed by atoms with Crippen molar-refractivity contribution >= 4 is 23.2 Å². The molecule has 1 heterocycles. The molecule has 0 unspecified atom stereocenters. The molecule has 2 rings (SSSR count). The third-order valence-electron chi connectivity index (χ3n) is 2.56. The van der Waals surface area contributed by atoms with Crippen LogP contribution in [0.15, 0.2) is 42.6 Å². The van der Waals surface area contributed by atoms with Crippen molar-refractivity contribution in [1.29, 1.82) is 0 Å². The van der Waals surface area contributed by atoms with Gasteiger partial charge in [0.15, 0.2) is 0 Å². The molecule has 0 spiro atoms. The molecular weight excluding hydrogens is 262 g/mol. The van der Waals surface area contributed by atoms with Gasteiger partial charge < -0.3 is 10.4 Å². The molecule has 0 amide bonds.